The second-order valence-corrected chi connectivity index (χ2v) is 6.04. The highest BCUT2D eigenvalue weighted by Gasteiger charge is 2.22. The molecule has 0 saturated heterocycles. The summed E-state index contributed by atoms with van der Waals surface area (Å²) < 4.78 is 10.6. The van der Waals surface area contributed by atoms with Crippen LogP contribution in [0.5, 0.6) is 11.5 Å². The van der Waals surface area contributed by atoms with Crippen LogP contribution in [0.25, 0.3) is 6.08 Å². The summed E-state index contributed by atoms with van der Waals surface area (Å²) in [6, 6.07) is 7.35. The lowest BCUT2D eigenvalue weighted by atomic mass is 10.1. The van der Waals surface area contributed by atoms with Crippen molar-refractivity contribution in [1.29, 1.82) is 0 Å². The molecule has 0 atom stereocenters. The summed E-state index contributed by atoms with van der Waals surface area (Å²) in [6.45, 7) is 0.864. The second-order valence-electron chi connectivity index (χ2n) is 5.63. The number of amides is 1. The van der Waals surface area contributed by atoms with E-state index >= 15 is 0 Å². The average Bonchev–Trinajstić information content (AvgIpc) is 3.08. The SMILES string of the molecule is O=C(/C=C/c1cc(Cl)c2c(c1)OCO2)N1CCCc2ncccc21. The minimum Gasteiger partial charge on any atom is -0.454 e. The van der Waals surface area contributed by atoms with E-state index in [2.05, 4.69) is 4.98 Å². The van der Waals surface area contributed by atoms with Gasteiger partial charge < -0.3 is 14.4 Å². The number of benzene rings is 1. The Labute approximate surface area is 144 Å². The molecule has 24 heavy (non-hydrogen) atoms. The van der Waals surface area contributed by atoms with Gasteiger partial charge in [0.15, 0.2) is 11.5 Å². The van der Waals surface area contributed by atoms with Crippen LogP contribution in [0.4, 0.5) is 5.69 Å². The number of carbonyl (C=O) groups excluding carboxylic acids is 1. The Bertz CT molecular complexity index is 835. The van der Waals surface area contributed by atoms with Gasteiger partial charge in [0.25, 0.3) is 5.91 Å². The highest BCUT2D eigenvalue weighted by molar-refractivity contribution is 6.32. The molecule has 0 aliphatic carbocycles. The lowest BCUT2D eigenvalue weighted by Gasteiger charge is -2.27. The number of pyridine rings is 1. The quantitative estimate of drug-likeness (QED) is 0.784. The zero-order valence-corrected chi connectivity index (χ0v) is 13.6. The molecule has 5 nitrogen and oxygen atoms in total. The first-order chi connectivity index (χ1) is 11.7. The van der Waals surface area contributed by atoms with Crippen LogP contribution in [0.15, 0.2) is 36.5 Å². The maximum Gasteiger partial charge on any atom is 0.251 e. The predicted octanol–water partition coefficient (Wildman–Crippen LogP) is 3.46. The van der Waals surface area contributed by atoms with Gasteiger partial charge in [-0.2, -0.15) is 0 Å². The third-order valence-electron chi connectivity index (χ3n) is 4.09. The zero-order valence-electron chi connectivity index (χ0n) is 12.9. The number of hydrogen-bond acceptors (Lipinski definition) is 4. The van der Waals surface area contributed by atoms with Crippen LogP contribution in [0.1, 0.15) is 17.7 Å². The van der Waals surface area contributed by atoms with Crippen molar-refractivity contribution >= 4 is 29.3 Å². The lowest BCUT2D eigenvalue weighted by Crippen LogP contribution is -2.34. The van der Waals surface area contributed by atoms with Crippen LogP contribution < -0.4 is 14.4 Å². The predicted molar refractivity (Wildman–Crippen MR) is 91.5 cm³/mol. The van der Waals surface area contributed by atoms with Crippen molar-refractivity contribution < 1.29 is 14.3 Å². The second kappa shape index (κ2) is 6.17. The Morgan fingerprint density at radius 2 is 2.25 bits per heavy atom. The maximum atomic E-state index is 12.6. The van der Waals surface area contributed by atoms with E-state index in [1.54, 1.807) is 29.3 Å². The number of rotatable bonds is 2. The van der Waals surface area contributed by atoms with E-state index in [4.69, 9.17) is 21.1 Å². The van der Waals surface area contributed by atoms with Gasteiger partial charge in [0.2, 0.25) is 6.79 Å². The van der Waals surface area contributed by atoms with E-state index in [1.165, 1.54) is 0 Å². The summed E-state index contributed by atoms with van der Waals surface area (Å²) >= 11 is 6.16. The third kappa shape index (κ3) is 2.71. The van der Waals surface area contributed by atoms with Gasteiger partial charge in [-0.15, -0.1) is 0 Å². The Morgan fingerprint density at radius 1 is 1.33 bits per heavy atom. The van der Waals surface area contributed by atoms with E-state index < -0.39 is 0 Å². The molecule has 0 unspecified atom stereocenters. The number of anilines is 1. The van der Waals surface area contributed by atoms with Crippen molar-refractivity contribution in [3.63, 3.8) is 0 Å². The molecule has 2 aliphatic rings. The van der Waals surface area contributed by atoms with Crippen LogP contribution in [-0.4, -0.2) is 24.2 Å². The normalized spacial score (nSPS) is 15.6. The van der Waals surface area contributed by atoms with Crippen LogP contribution in [-0.2, 0) is 11.2 Å². The van der Waals surface area contributed by atoms with Gasteiger partial charge in [0, 0.05) is 18.8 Å². The molecule has 1 amide bonds. The Balaban J connectivity index is 1.57. The van der Waals surface area contributed by atoms with Crippen LogP contribution in [0.3, 0.4) is 0 Å². The first-order valence-electron chi connectivity index (χ1n) is 7.75. The molecule has 2 aliphatic heterocycles. The van der Waals surface area contributed by atoms with Gasteiger partial charge >= 0.3 is 0 Å². The number of hydrogen-bond donors (Lipinski definition) is 0. The van der Waals surface area contributed by atoms with E-state index in [-0.39, 0.29) is 12.7 Å². The Hall–Kier alpha value is -2.53. The topological polar surface area (TPSA) is 51.7 Å². The first-order valence-corrected chi connectivity index (χ1v) is 8.13. The minimum atomic E-state index is -0.0715. The molecule has 122 valence electrons. The fraction of sp³-hybridized carbons (Fsp3) is 0.222. The monoisotopic (exact) mass is 342 g/mol. The molecule has 2 aromatic rings. The van der Waals surface area contributed by atoms with E-state index in [9.17, 15) is 4.79 Å². The Morgan fingerprint density at radius 3 is 3.17 bits per heavy atom. The number of ether oxygens (including phenoxy) is 2. The summed E-state index contributed by atoms with van der Waals surface area (Å²) in [4.78, 5) is 18.7. The van der Waals surface area contributed by atoms with Crippen molar-refractivity contribution in [1.82, 2.24) is 4.98 Å². The minimum absolute atomic E-state index is 0.0715. The molecular weight excluding hydrogens is 328 g/mol. The molecule has 4 rings (SSSR count). The smallest absolute Gasteiger partial charge is 0.251 e. The zero-order chi connectivity index (χ0) is 16.5. The number of halogens is 1. The van der Waals surface area contributed by atoms with E-state index in [1.807, 2.05) is 18.2 Å². The van der Waals surface area contributed by atoms with Gasteiger partial charge in [-0.25, -0.2) is 0 Å². The largest absolute Gasteiger partial charge is 0.454 e. The molecular formula is C18H15ClN2O3. The van der Waals surface area contributed by atoms with Crippen molar-refractivity contribution in [3.05, 3.63) is 52.8 Å². The number of nitrogens with zero attached hydrogens (tertiary/aromatic N) is 2. The lowest BCUT2D eigenvalue weighted by molar-refractivity contribution is -0.114. The van der Waals surface area contributed by atoms with E-state index in [0.717, 1.165) is 29.8 Å². The number of carbonyl (C=O) groups is 1. The molecule has 0 fully saturated rings. The van der Waals surface area contributed by atoms with Crippen LogP contribution >= 0.6 is 11.6 Å². The molecule has 3 heterocycles. The molecule has 0 N–H and O–H groups in total. The van der Waals surface area contributed by atoms with Crippen molar-refractivity contribution in [2.75, 3.05) is 18.2 Å². The molecule has 0 saturated carbocycles. The highest BCUT2D eigenvalue weighted by Crippen LogP contribution is 2.40. The van der Waals surface area contributed by atoms with Crippen LogP contribution in [0, 0.1) is 0 Å². The molecule has 0 spiro atoms. The number of aromatic nitrogens is 1. The van der Waals surface area contributed by atoms with Crippen molar-refractivity contribution in [2.24, 2.45) is 0 Å². The highest BCUT2D eigenvalue weighted by atomic mass is 35.5. The summed E-state index contributed by atoms with van der Waals surface area (Å²) in [5.74, 6) is 1.08. The van der Waals surface area contributed by atoms with Gasteiger partial charge in [0.05, 0.1) is 16.4 Å². The molecule has 1 aromatic heterocycles. The van der Waals surface area contributed by atoms with Crippen molar-refractivity contribution in [3.8, 4) is 11.5 Å². The van der Waals surface area contributed by atoms with E-state index in [0.29, 0.717) is 23.1 Å². The fourth-order valence-electron chi connectivity index (χ4n) is 2.96. The molecule has 1 aromatic carbocycles. The van der Waals surface area contributed by atoms with Gasteiger partial charge in [-0.05, 0) is 48.7 Å². The molecule has 6 heteroatoms. The summed E-state index contributed by atoms with van der Waals surface area (Å²) in [7, 11) is 0. The molecule has 0 bridgehead atoms. The van der Waals surface area contributed by atoms with Gasteiger partial charge in [0.1, 0.15) is 0 Å². The number of fused-ring (bicyclic) bond motifs is 2. The summed E-state index contributed by atoms with van der Waals surface area (Å²) in [6.07, 6.45) is 6.87. The third-order valence-corrected chi connectivity index (χ3v) is 4.37. The standard InChI is InChI=1S/C18H15ClN2O3/c19-13-9-12(10-16-18(13)24-11-23-16)5-6-17(22)21-8-2-3-14-15(21)4-1-7-20-14/h1,4-7,9-10H,2-3,8,11H2/b6-5+. The molecule has 0 radical (unpaired) electrons. The maximum absolute atomic E-state index is 12.6. The van der Waals surface area contributed by atoms with Gasteiger partial charge in [-0.1, -0.05) is 11.6 Å². The fourth-order valence-corrected chi connectivity index (χ4v) is 3.24. The first kappa shape index (κ1) is 15.0. The summed E-state index contributed by atoms with van der Waals surface area (Å²) in [5, 5.41) is 0.476. The number of aryl methyl sites for hydroxylation is 1. The Kier molecular flexibility index (Phi) is 3.86. The van der Waals surface area contributed by atoms with Gasteiger partial charge in [-0.3, -0.25) is 9.78 Å². The van der Waals surface area contributed by atoms with Crippen LogP contribution in [0.2, 0.25) is 5.02 Å². The van der Waals surface area contributed by atoms with Crippen molar-refractivity contribution in [2.45, 2.75) is 12.8 Å². The average molecular weight is 343 g/mol. The summed E-state index contributed by atoms with van der Waals surface area (Å²) in [5.41, 5.74) is 2.65.